The van der Waals surface area contributed by atoms with E-state index < -0.39 is 13.1 Å². The van der Waals surface area contributed by atoms with Crippen molar-refractivity contribution in [1.29, 1.82) is 0 Å². The van der Waals surface area contributed by atoms with E-state index in [1.807, 2.05) is 0 Å². The molecule has 8 heavy (non-hydrogen) atoms. The molecule has 0 amide bonds. The van der Waals surface area contributed by atoms with Gasteiger partial charge in [0.05, 0.1) is 0 Å². The van der Waals surface area contributed by atoms with Crippen molar-refractivity contribution in [3.63, 3.8) is 0 Å². The predicted octanol–water partition coefficient (Wildman–Crippen LogP) is 2.17. The van der Waals surface area contributed by atoms with Crippen molar-refractivity contribution in [2.75, 3.05) is 6.67 Å². The fourth-order valence-electron chi connectivity index (χ4n) is 0.211. The fourth-order valence-corrected chi connectivity index (χ4v) is 0.211. The van der Waals surface area contributed by atoms with E-state index in [9.17, 15) is 13.2 Å². The van der Waals surface area contributed by atoms with Gasteiger partial charge in [-0.3, -0.25) is 0 Å². The highest BCUT2D eigenvalue weighted by atomic mass is 19.3. The number of hydrogen-bond acceptors (Lipinski definition) is 0. The number of hydrogen-bond donors (Lipinski definition) is 0. The van der Waals surface area contributed by atoms with Gasteiger partial charge in [0.15, 0.2) is 0 Å². The first-order chi connectivity index (χ1) is 3.68. The Balaban J connectivity index is 3.61. The maximum atomic E-state index is 11.4. The summed E-state index contributed by atoms with van der Waals surface area (Å²) in [5, 5.41) is 0. The summed E-state index contributed by atoms with van der Waals surface area (Å²) < 4.78 is 34.0. The van der Waals surface area contributed by atoms with Crippen LogP contribution in [0, 0.1) is 0 Å². The summed E-state index contributed by atoms with van der Waals surface area (Å²) in [7, 11) is 0. The zero-order valence-corrected chi connectivity index (χ0v) is 4.50. The summed E-state index contributed by atoms with van der Waals surface area (Å²) in [6, 6.07) is 0. The Labute approximate surface area is 46.0 Å². The lowest BCUT2D eigenvalue weighted by Crippen LogP contribution is -1.91. The molecule has 0 aliphatic rings. The van der Waals surface area contributed by atoms with Crippen LogP contribution in [0.25, 0.3) is 0 Å². The van der Waals surface area contributed by atoms with E-state index in [1.54, 1.807) is 0 Å². The summed E-state index contributed by atoms with van der Waals surface area (Å²) >= 11 is 0. The average molecular weight is 124 g/mol. The van der Waals surface area contributed by atoms with Gasteiger partial charge >= 0.3 is 0 Å². The van der Waals surface area contributed by atoms with Gasteiger partial charge in [-0.15, -0.1) is 0 Å². The molecule has 0 aliphatic carbocycles. The molecule has 0 saturated carbocycles. The van der Waals surface area contributed by atoms with Gasteiger partial charge in [0.1, 0.15) is 6.67 Å². The van der Waals surface area contributed by atoms with E-state index in [0.717, 1.165) is 6.08 Å². The van der Waals surface area contributed by atoms with E-state index in [0.29, 0.717) is 0 Å². The Morgan fingerprint density at radius 3 is 2.25 bits per heavy atom. The largest absolute Gasteiger partial charge is 0.259 e. The van der Waals surface area contributed by atoms with Crippen molar-refractivity contribution >= 4 is 0 Å². The molecule has 0 unspecified atom stereocenters. The Kier molecular flexibility index (Phi) is 3.31. The molecular weight excluding hydrogens is 117 g/mol. The minimum atomic E-state index is -2.51. The van der Waals surface area contributed by atoms with Crippen LogP contribution in [0.4, 0.5) is 13.2 Å². The molecule has 0 aliphatic heterocycles. The van der Waals surface area contributed by atoms with Gasteiger partial charge in [-0.05, 0) is 18.6 Å². The molecule has 0 nitrogen and oxygen atoms in total. The van der Waals surface area contributed by atoms with Crippen molar-refractivity contribution in [2.45, 2.75) is 13.3 Å². The third-order valence-corrected chi connectivity index (χ3v) is 0.743. The van der Waals surface area contributed by atoms with Crippen molar-refractivity contribution < 1.29 is 13.2 Å². The molecule has 0 rings (SSSR count). The Hall–Kier alpha value is -0.470. The first kappa shape index (κ1) is 7.53. The molecule has 0 heterocycles. The number of alkyl halides is 3. The molecule has 0 bridgehead atoms. The summed E-state index contributed by atoms with van der Waals surface area (Å²) in [5.41, 5.74) is -0.201. The third-order valence-electron chi connectivity index (χ3n) is 0.743. The first-order valence-corrected chi connectivity index (χ1v) is 2.19. The highest BCUT2D eigenvalue weighted by molar-refractivity contribution is 5.00. The molecule has 0 spiro atoms. The van der Waals surface area contributed by atoms with Crippen LogP contribution in [0.5, 0.6) is 0 Å². The first-order valence-electron chi connectivity index (χ1n) is 2.19. The van der Waals surface area contributed by atoms with Crippen LogP contribution in [0.1, 0.15) is 6.92 Å². The minimum absolute atomic E-state index is 0.201. The van der Waals surface area contributed by atoms with Crippen LogP contribution in [-0.2, 0) is 0 Å². The molecule has 3 heteroatoms. The van der Waals surface area contributed by atoms with Crippen LogP contribution < -0.4 is 0 Å². The number of allylic oxidation sites excluding steroid dienone is 2. The maximum Gasteiger partial charge on any atom is 0.259 e. The van der Waals surface area contributed by atoms with Crippen LogP contribution in [0.15, 0.2) is 11.6 Å². The quantitative estimate of drug-likeness (QED) is 0.495. The van der Waals surface area contributed by atoms with Gasteiger partial charge < -0.3 is 0 Å². The molecule has 0 atom stereocenters. The van der Waals surface area contributed by atoms with E-state index in [2.05, 4.69) is 0 Å². The lowest BCUT2D eigenvalue weighted by atomic mass is 10.3. The minimum Gasteiger partial charge on any atom is -0.247 e. The van der Waals surface area contributed by atoms with Crippen molar-refractivity contribution in [2.24, 2.45) is 0 Å². The standard InChI is InChI=1S/C5H7F3/c1-4(2-3-6)5(7)8/h2,5H,3H2,1H3. The lowest BCUT2D eigenvalue weighted by Gasteiger charge is -1.93. The van der Waals surface area contributed by atoms with Gasteiger partial charge in [0.25, 0.3) is 6.43 Å². The topological polar surface area (TPSA) is 0 Å². The molecule has 0 radical (unpaired) electrons. The van der Waals surface area contributed by atoms with E-state index in [4.69, 9.17) is 0 Å². The summed E-state index contributed by atoms with van der Waals surface area (Å²) in [5.74, 6) is 0. The zero-order valence-electron chi connectivity index (χ0n) is 4.50. The average Bonchev–Trinajstić information content (AvgIpc) is 1.67. The van der Waals surface area contributed by atoms with Crippen molar-refractivity contribution in [3.8, 4) is 0 Å². The molecule has 48 valence electrons. The van der Waals surface area contributed by atoms with Gasteiger partial charge in [0, 0.05) is 0 Å². The normalized spacial score (nSPS) is 12.9. The molecule has 0 aromatic carbocycles. The molecule has 0 fully saturated rings. The summed E-state index contributed by atoms with van der Waals surface area (Å²) in [4.78, 5) is 0. The SMILES string of the molecule is CC(=CCF)C(F)F. The summed E-state index contributed by atoms with van der Waals surface area (Å²) in [6.07, 6.45) is -1.64. The highest BCUT2D eigenvalue weighted by Gasteiger charge is 2.02. The monoisotopic (exact) mass is 124 g/mol. The van der Waals surface area contributed by atoms with E-state index in [-0.39, 0.29) is 5.57 Å². The fraction of sp³-hybridized carbons (Fsp3) is 0.600. The Morgan fingerprint density at radius 1 is 1.62 bits per heavy atom. The number of halogens is 3. The van der Waals surface area contributed by atoms with Crippen molar-refractivity contribution in [3.05, 3.63) is 11.6 Å². The van der Waals surface area contributed by atoms with Gasteiger partial charge in [0.2, 0.25) is 0 Å². The highest BCUT2D eigenvalue weighted by Crippen LogP contribution is 2.05. The van der Waals surface area contributed by atoms with E-state index >= 15 is 0 Å². The number of rotatable bonds is 2. The summed E-state index contributed by atoms with van der Waals surface area (Å²) in [6.45, 7) is 0.389. The van der Waals surface area contributed by atoms with Gasteiger partial charge in [-0.2, -0.15) is 0 Å². The second-order valence-corrected chi connectivity index (χ2v) is 1.40. The van der Waals surface area contributed by atoms with Crippen LogP contribution in [0.2, 0.25) is 0 Å². The van der Waals surface area contributed by atoms with Gasteiger partial charge in [-0.25, -0.2) is 13.2 Å². The molecule has 0 aromatic heterocycles. The maximum absolute atomic E-state index is 11.4. The van der Waals surface area contributed by atoms with Crippen LogP contribution in [0.3, 0.4) is 0 Å². The van der Waals surface area contributed by atoms with Crippen molar-refractivity contribution in [1.82, 2.24) is 0 Å². The second kappa shape index (κ2) is 3.52. The van der Waals surface area contributed by atoms with Crippen LogP contribution >= 0.6 is 0 Å². The molecule has 0 N–H and O–H groups in total. The zero-order chi connectivity index (χ0) is 6.57. The van der Waals surface area contributed by atoms with Gasteiger partial charge in [-0.1, -0.05) is 0 Å². The third kappa shape index (κ3) is 2.66. The molecule has 0 aromatic rings. The smallest absolute Gasteiger partial charge is 0.247 e. The molecular formula is C5H7F3. The van der Waals surface area contributed by atoms with Crippen LogP contribution in [-0.4, -0.2) is 13.1 Å². The Morgan fingerprint density at radius 2 is 2.12 bits per heavy atom. The second-order valence-electron chi connectivity index (χ2n) is 1.40. The lowest BCUT2D eigenvalue weighted by molar-refractivity contribution is 0.189. The Bertz CT molecular complexity index is 85.7. The predicted molar refractivity (Wildman–Crippen MR) is 25.7 cm³/mol. The molecule has 0 saturated heterocycles. The van der Waals surface area contributed by atoms with E-state index in [1.165, 1.54) is 6.92 Å².